The molecule has 0 bridgehead atoms. The van der Waals surface area contributed by atoms with Crippen molar-refractivity contribution < 1.29 is 9.47 Å². The number of anilines is 1. The quantitative estimate of drug-likeness (QED) is 0.681. The lowest BCUT2D eigenvalue weighted by atomic mass is 10.1. The molecular formula is C18H19N3O2S. The largest absolute Gasteiger partial charge is 0.497 e. The summed E-state index contributed by atoms with van der Waals surface area (Å²) in [6, 6.07) is 8.62. The van der Waals surface area contributed by atoms with Crippen molar-refractivity contribution >= 4 is 27.4 Å². The molecule has 0 unspecified atom stereocenters. The Kier molecular flexibility index (Phi) is 3.98. The third kappa shape index (κ3) is 2.78. The Balaban J connectivity index is 1.71. The minimum Gasteiger partial charge on any atom is -0.497 e. The summed E-state index contributed by atoms with van der Waals surface area (Å²) in [7, 11) is 3.36. The molecule has 0 N–H and O–H groups in total. The van der Waals surface area contributed by atoms with Gasteiger partial charge in [-0.05, 0) is 36.4 Å². The molecule has 6 heteroatoms. The highest BCUT2D eigenvalue weighted by molar-refractivity contribution is 7.16. The van der Waals surface area contributed by atoms with Crippen LogP contribution in [0.4, 0.5) is 5.82 Å². The SMILES string of the molecule is COc1ccc(CN(c2ncnc3sccc23)C2CC2)c(OC)c1. The van der Waals surface area contributed by atoms with E-state index in [0.29, 0.717) is 6.04 Å². The number of benzene rings is 1. The molecule has 0 amide bonds. The Labute approximate surface area is 144 Å². The lowest BCUT2D eigenvalue weighted by Gasteiger charge is -2.25. The fraction of sp³-hybridized carbons (Fsp3) is 0.333. The van der Waals surface area contributed by atoms with Crippen molar-refractivity contribution in [3.05, 3.63) is 41.5 Å². The molecule has 0 atom stereocenters. The molecular weight excluding hydrogens is 322 g/mol. The topological polar surface area (TPSA) is 47.5 Å². The van der Waals surface area contributed by atoms with Crippen molar-refractivity contribution in [1.29, 1.82) is 0 Å². The summed E-state index contributed by atoms with van der Waals surface area (Å²) < 4.78 is 10.9. The van der Waals surface area contributed by atoms with Gasteiger partial charge in [-0.1, -0.05) is 0 Å². The summed E-state index contributed by atoms with van der Waals surface area (Å²) in [5.41, 5.74) is 1.13. The molecule has 1 aliphatic carbocycles. The summed E-state index contributed by atoms with van der Waals surface area (Å²) in [5, 5.41) is 3.20. The lowest BCUT2D eigenvalue weighted by molar-refractivity contribution is 0.390. The summed E-state index contributed by atoms with van der Waals surface area (Å²) in [6.45, 7) is 0.764. The van der Waals surface area contributed by atoms with Crippen LogP contribution < -0.4 is 14.4 Å². The van der Waals surface area contributed by atoms with Gasteiger partial charge in [-0.3, -0.25) is 0 Å². The zero-order chi connectivity index (χ0) is 16.5. The molecule has 2 heterocycles. The van der Waals surface area contributed by atoms with Gasteiger partial charge < -0.3 is 14.4 Å². The van der Waals surface area contributed by atoms with Crippen LogP contribution in [0.25, 0.3) is 10.2 Å². The number of fused-ring (bicyclic) bond motifs is 1. The number of thiophene rings is 1. The van der Waals surface area contributed by atoms with Crippen LogP contribution >= 0.6 is 11.3 Å². The van der Waals surface area contributed by atoms with Crippen molar-refractivity contribution in [2.45, 2.75) is 25.4 Å². The Hall–Kier alpha value is -2.34. The highest BCUT2D eigenvalue weighted by Crippen LogP contribution is 2.37. The smallest absolute Gasteiger partial charge is 0.141 e. The van der Waals surface area contributed by atoms with Crippen molar-refractivity contribution in [1.82, 2.24) is 9.97 Å². The Morgan fingerprint density at radius 1 is 1.17 bits per heavy atom. The monoisotopic (exact) mass is 341 g/mol. The van der Waals surface area contributed by atoms with Crippen molar-refractivity contribution in [3.8, 4) is 11.5 Å². The number of ether oxygens (including phenoxy) is 2. The molecule has 4 rings (SSSR count). The average Bonchev–Trinajstić information content (AvgIpc) is 3.35. The van der Waals surface area contributed by atoms with Gasteiger partial charge in [-0.15, -0.1) is 11.3 Å². The number of hydrogen-bond donors (Lipinski definition) is 0. The van der Waals surface area contributed by atoms with E-state index in [1.54, 1.807) is 31.9 Å². The first-order valence-corrected chi connectivity index (χ1v) is 8.84. The van der Waals surface area contributed by atoms with Crippen molar-refractivity contribution in [2.24, 2.45) is 0 Å². The minimum absolute atomic E-state index is 0.537. The number of hydrogen-bond acceptors (Lipinski definition) is 6. The predicted molar refractivity (Wildman–Crippen MR) is 96.2 cm³/mol. The molecule has 124 valence electrons. The zero-order valence-corrected chi connectivity index (χ0v) is 14.5. The first-order valence-electron chi connectivity index (χ1n) is 7.96. The maximum atomic E-state index is 5.56. The van der Waals surface area contributed by atoms with Crippen LogP contribution in [-0.4, -0.2) is 30.2 Å². The van der Waals surface area contributed by atoms with Gasteiger partial charge in [0, 0.05) is 24.2 Å². The van der Waals surface area contributed by atoms with Gasteiger partial charge in [-0.2, -0.15) is 0 Å². The number of methoxy groups -OCH3 is 2. The molecule has 0 aliphatic heterocycles. The second-order valence-corrected chi connectivity index (χ2v) is 6.77. The molecule has 2 aromatic heterocycles. The third-order valence-corrected chi connectivity index (χ3v) is 5.16. The van der Waals surface area contributed by atoms with E-state index >= 15 is 0 Å². The van der Waals surface area contributed by atoms with E-state index in [1.165, 1.54) is 12.8 Å². The van der Waals surface area contributed by atoms with E-state index in [4.69, 9.17) is 9.47 Å². The van der Waals surface area contributed by atoms with Crippen molar-refractivity contribution in [3.63, 3.8) is 0 Å². The third-order valence-electron chi connectivity index (χ3n) is 4.34. The van der Waals surface area contributed by atoms with E-state index in [9.17, 15) is 0 Å². The molecule has 1 aliphatic rings. The summed E-state index contributed by atoms with van der Waals surface area (Å²) >= 11 is 1.65. The number of aromatic nitrogens is 2. The molecule has 1 fully saturated rings. The maximum Gasteiger partial charge on any atom is 0.141 e. The minimum atomic E-state index is 0.537. The molecule has 3 aromatic rings. The number of nitrogens with zero attached hydrogens (tertiary/aromatic N) is 3. The second-order valence-electron chi connectivity index (χ2n) is 5.87. The zero-order valence-electron chi connectivity index (χ0n) is 13.7. The average molecular weight is 341 g/mol. The van der Waals surface area contributed by atoms with E-state index < -0.39 is 0 Å². The standard InChI is InChI=1S/C18H19N3O2S/c1-22-14-6-3-12(16(9-14)23-2)10-21(13-4-5-13)17-15-7-8-24-18(15)20-11-19-17/h3,6-9,11,13H,4-5,10H2,1-2H3. The van der Waals surface area contributed by atoms with Crippen molar-refractivity contribution in [2.75, 3.05) is 19.1 Å². The van der Waals surface area contributed by atoms with Crippen LogP contribution in [-0.2, 0) is 6.54 Å². The van der Waals surface area contributed by atoms with Crippen LogP contribution in [0.15, 0.2) is 36.0 Å². The van der Waals surface area contributed by atoms with E-state index in [0.717, 1.165) is 39.6 Å². The predicted octanol–water partition coefficient (Wildman–Crippen LogP) is 3.88. The molecule has 24 heavy (non-hydrogen) atoms. The Morgan fingerprint density at radius 2 is 2.04 bits per heavy atom. The fourth-order valence-corrected chi connectivity index (χ4v) is 3.66. The van der Waals surface area contributed by atoms with Crippen LogP contribution in [0.5, 0.6) is 11.5 Å². The van der Waals surface area contributed by atoms with Gasteiger partial charge in [0.05, 0.1) is 19.6 Å². The molecule has 5 nitrogen and oxygen atoms in total. The van der Waals surface area contributed by atoms with Gasteiger partial charge in [0.1, 0.15) is 28.5 Å². The highest BCUT2D eigenvalue weighted by Gasteiger charge is 2.31. The van der Waals surface area contributed by atoms with E-state index in [-0.39, 0.29) is 0 Å². The molecule has 0 spiro atoms. The van der Waals surface area contributed by atoms with Crippen LogP contribution in [0.1, 0.15) is 18.4 Å². The van der Waals surface area contributed by atoms with Gasteiger partial charge in [-0.25, -0.2) is 9.97 Å². The molecule has 0 saturated heterocycles. The summed E-state index contributed by atoms with van der Waals surface area (Å²) in [5.74, 6) is 2.66. The molecule has 1 saturated carbocycles. The Morgan fingerprint density at radius 3 is 2.79 bits per heavy atom. The highest BCUT2D eigenvalue weighted by atomic mass is 32.1. The first kappa shape index (κ1) is 15.2. The normalized spacial score (nSPS) is 13.9. The summed E-state index contributed by atoms with van der Waals surface area (Å²) in [6.07, 6.45) is 4.07. The first-order chi connectivity index (χ1) is 11.8. The second kappa shape index (κ2) is 6.28. The van der Waals surface area contributed by atoms with E-state index in [2.05, 4.69) is 32.4 Å². The van der Waals surface area contributed by atoms with Gasteiger partial charge in [0.15, 0.2) is 0 Å². The summed E-state index contributed by atoms with van der Waals surface area (Å²) in [4.78, 5) is 12.4. The van der Waals surface area contributed by atoms with Crippen LogP contribution in [0, 0.1) is 0 Å². The Bertz CT molecular complexity index is 860. The van der Waals surface area contributed by atoms with Crippen LogP contribution in [0.3, 0.4) is 0 Å². The molecule has 1 aromatic carbocycles. The van der Waals surface area contributed by atoms with Gasteiger partial charge in [0.25, 0.3) is 0 Å². The van der Waals surface area contributed by atoms with Gasteiger partial charge >= 0.3 is 0 Å². The van der Waals surface area contributed by atoms with E-state index in [1.807, 2.05) is 12.1 Å². The maximum absolute atomic E-state index is 5.56. The van der Waals surface area contributed by atoms with Crippen LogP contribution in [0.2, 0.25) is 0 Å². The van der Waals surface area contributed by atoms with Gasteiger partial charge in [0.2, 0.25) is 0 Å². The fourth-order valence-electron chi connectivity index (χ4n) is 2.93. The molecule has 0 radical (unpaired) electrons. The number of rotatable bonds is 6. The lowest BCUT2D eigenvalue weighted by Crippen LogP contribution is -2.26.